The normalized spacial score (nSPS) is 23.7. The fraction of sp³-hybridized carbons (Fsp3) is 0.471. The molecule has 1 aliphatic heterocycles. The Morgan fingerprint density at radius 2 is 1.91 bits per heavy atom. The molecule has 3 rings (SSSR count). The van der Waals surface area contributed by atoms with Gasteiger partial charge in [-0.05, 0) is 25.5 Å². The van der Waals surface area contributed by atoms with Gasteiger partial charge in [-0.1, -0.05) is 37.3 Å². The number of aliphatic hydroxyl groups is 1. The van der Waals surface area contributed by atoms with Gasteiger partial charge in [0, 0.05) is 18.5 Å². The lowest BCUT2D eigenvalue weighted by Gasteiger charge is -2.48. The van der Waals surface area contributed by atoms with E-state index in [1.165, 1.54) is 0 Å². The molecule has 0 radical (unpaired) electrons. The van der Waals surface area contributed by atoms with Crippen molar-refractivity contribution in [3.8, 4) is 5.69 Å². The minimum atomic E-state index is -0.772. The van der Waals surface area contributed by atoms with Crippen LogP contribution in [0.4, 0.5) is 0 Å². The molecule has 2 heterocycles. The van der Waals surface area contributed by atoms with Gasteiger partial charge in [0.05, 0.1) is 17.5 Å². The predicted molar refractivity (Wildman–Crippen MR) is 86.3 cm³/mol. The van der Waals surface area contributed by atoms with Crippen molar-refractivity contribution in [2.75, 3.05) is 13.1 Å². The van der Waals surface area contributed by atoms with E-state index >= 15 is 0 Å². The number of amides is 1. The number of aromatic nitrogens is 3. The Balaban J connectivity index is 1.78. The van der Waals surface area contributed by atoms with E-state index in [4.69, 9.17) is 0 Å². The summed E-state index contributed by atoms with van der Waals surface area (Å²) in [6.45, 7) is 6.81. The Bertz CT molecular complexity index is 706. The summed E-state index contributed by atoms with van der Waals surface area (Å²) in [6.07, 6.45) is 2.20. The largest absolute Gasteiger partial charge is 0.389 e. The molecular weight excluding hydrogens is 292 g/mol. The minimum absolute atomic E-state index is 0.143. The van der Waals surface area contributed by atoms with Crippen molar-refractivity contribution in [3.05, 3.63) is 42.2 Å². The highest BCUT2D eigenvalue weighted by Gasteiger charge is 2.45. The summed E-state index contributed by atoms with van der Waals surface area (Å²) in [4.78, 5) is 14.4. The van der Waals surface area contributed by atoms with E-state index in [2.05, 4.69) is 10.3 Å². The molecule has 23 heavy (non-hydrogen) atoms. The predicted octanol–water partition coefficient (Wildman–Crippen LogP) is 1.89. The van der Waals surface area contributed by atoms with Crippen LogP contribution in [0.25, 0.3) is 5.69 Å². The first-order valence-electron chi connectivity index (χ1n) is 7.80. The number of rotatable bonds is 2. The molecule has 1 unspecified atom stereocenters. The zero-order valence-electron chi connectivity index (χ0n) is 13.7. The standard InChI is InChI=1S/C17H22N4O2/c1-16(2)12-20(10-9-17(16,3)23)15(22)14-11-21(19-18-14)13-7-5-4-6-8-13/h4-8,11,23H,9-10,12H2,1-3H3. The molecule has 1 saturated heterocycles. The molecule has 1 fully saturated rings. The van der Waals surface area contributed by atoms with Crippen molar-refractivity contribution in [1.29, 1.82) is 0 Å². The topological polar surface area (TPSA) is 71.2 Å². The number of hydrogen-bond donors (Lipinski definition) is 1. The smallest absolute Gasteiger partial charge is 0.276 e. The van der Waals surface area contributed by atoms with E-state index < -0.39 is 5.60 Å². The molecule has 0 spiro atoms. The van der Waals surface area contributed by atoms with Gasteiger partial charge in [0.25, 0.3) is 5.91 Å². The van der Waals surface area contributed by atoms with E-state index in [1.54, 1.807) is 15.8 Å². The Kier molecular flexibility index (Phi) is 3.72. The van der Waals surface area contributed by atoms with Crippen molar-refractivity contribution in [1.82, 2.24) is 19.9 Å². The lowest BCUT2D eigenvalue weighted by Crippen LogP contribution is -2.57. The molecule has 1 atom stereocenters. The van der Waals surface area contributed by atoms with Crippen LogP contribution in [0.15, 0.2) is 36.5 Å². The van der Waals surface area contributed by atoms with Crippen molar-refractivity contribution in [2.24, 2.45) is 5.41 Å². The Hall–Kier alpha value is -2.21. The highest BCUT2D eigenvalue weighted by Crippen LogP contribution is 2.38. The number of para-hydroxylation sites is 1. The number of piperidine rings is 1. The van der Waals surface area contributed by atoms with Gasteiger partial charge in [-0.15, -0.1) is 5.10 Å². The molecule has 6 nitrogen and oxygen atoms in total. The van der Waals surface area contributed by atoms with E-state index in [0.29, 0.717) is 25.2 Å². The van der Waals surface area contributed by atoms with E-state index in [0.717, 1.165) is 5.69 Å². The fourth-order valence-corrected chi connectivity index (χ4v) is 2.82. The summed E-state index contributed by atoms with van der Waals surface area (Å²) in [5.41, 5.74) is 0.0500. The highest BCUT2D eigenvalue weighted by molar-refractivity contribution is 5.92. The van der Waals surface area contributed by atoms with Crippen LogP contribution >= 0.6 is 0 Å². The first-order valence-corrected chi connectivity index (χ1v) is 7.80. The lowest BCUT2D eigenvalue weighted by molar-refractivity contribution is -0.0971. The third kappa shape index (κ3) is 2.86. The molecule has 1 amide bonds. The second-order valence-corrected chi connectivity index (χ2v) is 7.02. The van der Waals surface area contributed by atoms with Gasteiger partial charge < -0.3 is 10.0 Å². The fourth-order valence-electron chi connectivity index (χ4n) is 2.82. The van der Waals surface area contributed by atoms with Crippen LogP contribution < -0.4 is 0 Å². The van der Waals surface area contributed by atoms with E-state index in [1.807, 2.05) is 51.1 Å². The Morgan fingerprint density at radius 3 is 2.57 bits per heavy atom. The zero-order valence-corrected chi connectivity index (χ0v) is 13.7. The number of carbonyl (C=O) groups excluding carboxylic acids is 1. The average Bonchev–Trinajstić information content (AvgIpc) is 3.00. The van der Waals surface area contributed by atoms with Crippen molar-refractivity contribution < 1.29 is 9.90 Å². The maximum atomic E-state index is 12.7. The summed E-state index contributed by atoms with van der Waals surface area (Å²) >= 11 is 0. The van der Waals surface area contributed by atoms with Crippen LogP contribution in [0.5, 0.6) is 0 Å². The first-order chi connectivity index (χ1) is 10.8. The molecule has 122 valence electrons. The number of carbonyl (C=O) groups is 1. The third-order valence-electron chi connectivity index (χ3n) is 4.93. The summed E-state index contributed by atoms with van der Waals surface area (Å²) in [7, 11) is 0. The summed E-state index contributed by atoms with van der Waals surface area (Å²) < 4.78 is 1.60. The Morgan fingerprint density at radius 1 is 1.22 bits per heavy atom. The van der Waals surface area contributed by atoms with Crippen LogP contribution in [0.1, 0.15) is 37.7 Å². The molecule has 6 heteroatoms. The second-order valence-electron chi connectivity index (χ2n) is 7.02. The summed E-state index contributed by atoms with van der Waals surface area (Å²) in [6, 6.07) is 9.56. The molecule has 0 saturated carbocycles. The molecule has 1 aromatic carbocycles. The molecular formula is C17H22N4O2. The molecule has 0 aliphatic carbocycles. The second kappa shape index (κ2) is 5.45. The van der Waals surface area contributed by atoms with E-state index in [-0.39, 0.29) is 11.3 Å². The number of nitrogens with zero attached hydrogens (tertiary/aromatic N) is 4. The van der Waals surface area contributed by atoms with Gasteiger partial charge in [0.15, 0.2) is 5.69 Å². The quantitative estimate of drug-likeness (QED) is 0.919. The van der Waals surface area contributed by atoms with Crippen LogP contribution in [0.3, 0.4) is 0 Å². The van der Waals surface area contributed by atoms with Crippen molar-refractivity contribution in [2.45, 2.75) is 32.8 Å². The van der Waals surface area contributed by atoms with Gasteiger partial charge in [0.2, 0.25) is 0 Å². The number of hydrogen-bond acceptors (Lipinski definition) is 4. The van der Waals surface area contributed by atoms with Gasteiger partial charge in [-0.25, -0.2) is 4.68 Å². The van der Waals surface area contributed by atoms with Crippen molar-refractivity contribution >= 4 is 5.91 Å². The molecule has 1 aliphatic rings. The van der Waals surface area contributed by atoms with Gasteiger partial charge >= 0.3 is 0 Å². The summed E-state index contributed by atoms with van der Waals surface area (Å²) in [5, 5.41) is 18.5. The first kappa shape index (κ1) is 15.7. The van der Waals surface area contributed by atoms with Gasteiger partial charge in [0.1, 0.15) is 0 Å². The minimum Gasteiger partial charge on any atom is -0.389 e. The Labute approximate surface area is 135 Å². The van der Waals surface area contributed by atoms with Crippen LogP contribution in [0.2, 0.25) is 0 Å². The molecule has 0 bridgehead atoms. The summed E-state index contributed by atoms with van der Waals surface area (Å²) in [5.74, 6) is -0.143. The molecule has 1 aromatic heterocycles. The van der Waals surface area contributed by atoms with E-state index in [9.17, 15) is 9.90 Å². The maximum Gasteiger partial charge on any atom is 0.276 e. The molecule has 2 aromatic rings. The lowest BCUT2D eigenvalue weighted by atomic mass is 9.71. The molecule has 1 N–H and O–H groups in total. The third-order valence-corrected chi connectivity index (χ3v) is 4.93. The SMILES string of the molecule is CC1(C)CN(C(=O)c2cn(-c3ccccc3)nn2)CCC1(C)O. The highest BCUT2D eigenvalue weighted by atomic mass is 16.3. The van der Waals surface area contributed by atoms with Crippen LogP contribution in [0, 0.1) is 5.41 Å². The number of likely N-dealkylation sites (tertiary alicyclic amines) is 1. The monoisotopic (exact) mass is 314 g/mol. The zero-order chi connectivity index (χ0) is 16.7. The van der Waals surface area contributed by atoms with Gasteiger partial charge in [-0.2, -0.15) is 0 Å². The maximum absolute atomic E-state index is 12.7. The van der Waals surface area contributed by atoms with Gasteiger partial charge in [-0.3, -0.25) is 4.79 Å². The van der Waals surface area contributed by atoms with Crippen LogP contribution in [-0.2, 0) is 0 Å². The average molecular weight is 314 g/mol. The number of benzene rings is 1. The van der Waals surface area contributed by atoms with Crippen LogP contribution in [-0.4, -0.2) is 49.6 Å². The van der Waals surface area contributed by atoms with Crippen molar-refractivity contribution in [3.63, 3.8) is 0 Å².